The largest absolute Gasteiger partial charge is 0.497 e. The van der Waals surface area contributed by atoms with Crippen LogP contribution in [0.25, 0.3) is 0 Å². The number of methoxy groups -OCH3 is 1. The van der Waals surface area contributed by atoms with Gasteiger partial charge in [-0.15, -0.1) is 0 Å². The molecular formula is C19H23NO3. The Morgan fingerprint density at radius 1 is 1.09 bits per heavy atom. The number of benzene rings is 2. The molecule has 23 heavy (non-hydrogen) atoms. The molecule has 122 valence electrons. The summed E-state index contributed by atoms with van der Waals surface area (Å²) in [6.07, 6.45) is 1.16. The van der Waals surface area contributed by atoms with Gasteiger partial charge in [-0.2, -0.15) is 0 Å². The van der Waals surface area contributed by atoms with Crippen LogP contribution in [-0.4, -0.2) is 19.1 Å². The molecular weight excluding hydrogens is 290 g/mol. The van der Waals surface area contributed by atoms with Crippen LogP contribution in [0, 0.1) is 0 Å². The topological polar surface area (TPSA) is 47.6 Å². The van der Waals surface area contributed by atoms with Crippen molar-refractivity contribution in [2.75, 3.05) is 12.4 Å². The average Bonchev–Trinajstić information content (AvgIpc) is 2.55. The summed E-state index contributed by atoms with van der Waals surface area (Å²) in [4.78, 5) is 12.2. The molecule has 1 N–H and O–H groups in total. The zero-order chi connectivity index (χ0) is 16.7. The van der Waals surface area contributed by atoms with E-state index in [1.807, 2.05) is 62.4 Å². The van der Waals surface area contributed by atoms with Crippen LogP contribution >= 0.6 is 0 Å². The van der Waals surface area contributed by atoms with Gasteiger partial charge in [0.2, 0.25) is 5.91 Å². The molecule has 0 aliphatic carbocycles. The summed E-state index contributed by atoms with van der Waals surface area (Å²) in [6.45, 7) is 3.92. The summed E-state index contributed by atoms with van der Waals surface area (Å²) in [5.74, 6) is 1.49. The number of rotatable bonds is 7. The quantitative estimate of drug-likeness (QED) is 0.838. The lowest BCUT2D eigenvalue weighted by atomic mass is 10.1. The van der Waals surface area contributed by atoms with Crippen LogP contribution in [0.3, 0.4) is 0 Å². The Hall–Kier alpha value is -2.49. The molecule has 0 spiro atoms. The molecule has 0 aliphatic rings. The van der Waals surface area contributed by atoms with E-state index < -0.39 is 0 Å². The molecule has 0 unspecified atom stereocenters. The standard InChI is InChI=1S/C19H23NO3/c1-14(2)23-18-7-5-4-6-17(18)20-19(21)13-10-15-8-11-16(22-3)12-9-15/h4-9,11-12,14H,10,13H2,1-3H3,(H,20,21). The Balaban J connectivity index is 1.91. The smallest absolute Gasteiger partial charge is 0.224 e. The number of anilines is 1. The first-order valence-electron chi connectivity index (χ1n) is 7.77. The van der Waals surface area contributed by atoms with Gasteiger partial charge in [0, 0.05) is 6.42 Å². The Bertz CT molecular complexity index is 635. The second-order valence-corrected chi connectivity index (χ2v) is 5.56. The van der Waals surface area contributed by atoms with E-state index in [-0.39, 0.29) is 12.0 Å². The lowest BCUT2D eigenvalue weighted by Crippen LogP contribution is -2.14. The molecule has 0 atom stereocenters. The predicted molar refractivity (Wildman–Crippen MR) is 92.2 cm³/mol. The zero-order valence-electron chi connectivity index (χ0n) is 13.8. The predicted octanol–water partition coefficient (Wildman–Crippen LogP) is 4.05. The average molecular weight is 313 g/mol. The maximum atomic E-state index is 12.2. The van der Waals surface area contributed by atoms with Crippen molar-refractivity contribution in [1.82, 2.24) is 0 Å². The first kappa shape index (κ1) is 16.9. The third-order valence-electron chi connectivity index (χ3n) is 3.32. The maximum absolute atomic E-state index is 12.2. The number of carbonyl (C=O) groups is 1. The van der Waals surface area contributed by atoms with Crippen LogP contribution in [0.15, 0.2) is 48.5 Å². The van der Waals surface area contributed by atoms with Gasteiger partial charge in [-0.25, -0.2) is 0 Å². The first-order valence-corrected chi connectivity index (χ1v) is 7.77. The van der Waals surface area contributed by atoms with Crippen molar-refractivity contribution in [3.63, 3.8) is 0 Å². The minimum Gasteiger partial charge on any atom is -0.497 e. The SMILES string of the molecule is COc1ccc(CCC(=O)Nc2ccccc2OC(C)C)cc1. The van der Waals surface area contributed by atoms with E-state index in [2.05, 4.69) is 5.32 Å². The Morgan fingerprint density at radius 3 is 2.43 bits per heavy atom. The van der Waals surface area contributed by atoms with Crippen molar-refractivity contribution in [1.29, 1.82) is 0 Å². The van der Waals surface area contributed by atoms with Gasteiger partial charge in [0.1, 0.15) is 11.5 Å². The molecule has 0 saturated heterocycles. The molecule has 2 aromatic rings. The van der Waals surface area contributed by atoms with E-state index in [1.165, 1.54) is 0 Å². The Labute approximate surface area is 137 Å². The van der Waals surface area contributed by atoms with Gasteiger partial charge in [-0.3, -0.25) is 4.79 Å². The van der Waals surface area contributed by atoms with Gasteiger partial charge in [0.05, 0.1) is 18.9 Å². The maximum Gasteiger partial charge on any atom is 0.224 e. The molecule has 0 radical (unpaired) electrons. The fraction of sp³-hybridized carbons (Fsp3) is 0.316. The lowest BCUT2D eigenvalue weighted by Gasteiger charge is -2.14. The van der Waals surface area contributed by atoms with E-state index in [1.54, 1.807) is 7.11 Å². The highest BCUT2D eigenvalue weighted by Gasteiger charge is 2.09. The summed E-state index contributed by atoms with van der Waals surface area (Å²) in [7, 11) is 1.64. The van der Waals surface area contributed by atoms with Crippen molar-refractivity contribution >= 4 is 11.6 Å². The summed E-state index contributed by atoms with van der Waals surface area (Å²) in [5, 5.41) is 2.92. The Kier molecular flexibility index (Phi) is 6.03. The molecule has 0 bridgehead atoms. The highest BCUT2D eigenvalue weighted by molar-refractivity contribution is 5.92. The second-order valence-electron chi connectivity index (χ2n) is 5.56. The van der Waals surface area contributed by atoms with E-state index >= 15 is 0 Å². The molecule has 0 saturated carbocycles. The number of amides is 1. The number of ether oxygens (including phenoxy) is 2. The second kappa shape index (κ2) is 8.22. The molecule has 2 rings (SSSR count). The normalized spacial score (nSPS) is 10.4. The van der Waals surface area contributed by atoms with Gasteiger partial charge >= 0.3 is 0 Å². The van der Waals surface area contributed by atoms with E-state index in [0.717, 1.165) is 11.3 Å². The molecule has 0 heterocycles. The van der Waals surface area contributed by atoms with Gasteiger partial charge in [0.25, 0.3) is 0 Å². The Morgan fingerprint density at radius 2 is 1.78 bits per heavy atom. The summed E-state index contributed by atoms with van der Waals surface area (Å²) in [5.41, 5.74) is 1.81. The number of aryl methyl sites for hydroxylation is 1. The van der Waals surface area contributed by atoms with Gasteiger partial charge < -0.3 is 14.8 Å². The minimum absolute atomic E-state index is 0.0272. The third-order valence-corrected chi connectivity index (χ3v) is 3.32. The number of hydrogen-bond acceptors (Lipinski definition) is 3. The molecule has 0 fully saturated rings. The van der Waals surface area contributed by atoms with Gasteiger partial charge in [-0.1, -0.05) is 24.3 Å². The van der Waals surface area contributed by atoms with E-state index in [4.69, 9.17) is 9.47 Å². The number of hydrogen-bond donors (Lipinski definition) is 1. The number of carbonyl (C=O) groups excluding carboxylic acids is 1. The molecule has 2 aromatic carbocycles. The lowest BCUT2D eigenvalue weighted by molar-refractivity contribution is -0.116. The molecule has 1 amide bonds. The van der Waals surface area contributed by atoms with Crippen LogP contribution in [0.5, 0.6) is 11.5 Å². The van der Waals surface area contributed by atoms with Crippen LogP contribution in [0.2, 0.25) is 0 Å². The summed E-state index contributed by atoms with van der Waals surface area (Å²) in [6, 6.07) is 15.2. The van der Waals surface area contributed by atoms with Crippen molar-refractivity contribution in [3.05, 3.63) is 54.1 Å². The fourth-order valence-electron chi connectivity index (χ4n) is 2.19. The number of nitrogens with one attached hydrogen (secondary N) is 1. The molecule has 4 heteroatoms. The highest BCUT2D eigenvalue weighted by atomic mass is 16.5. The summed E-state index contributed by atoms with van der Waals surface area (Å²) >= 11 is 0. The number of para-hydroxylation sites is 2. The highest BCUT2D eigenvalue weighted by Crippen LogP contribution is 2.25. The van der Waals surface area contributed by atoms with Crippen molar-refractivity contribution in [2.24, 2.45) is 0 Å². The van der Waals surface area contributed by atoms with Crippen LogP contribution in [-0.2, 0) is 11.2 Å². The van der Waals surface area contributed by atoms with Crippen molar-refractivity contribution in [3.8, 4) is 11.5 Å². The molecule has 0 aromatic heterocycles. The van der Waals surface area contributed by atoms with Crippen LogP contribution in [0.1, 0.15) is 25.8 Å². The first-order chi connectivity index (χ1) is 11.1. The fourth-order valence-corrected chi connectivity index (χ4v) is 2.19. The monoisotopic (exact) mass is 313 g/mol. The van der Waals surface area contributed by atoms with Crippen LogP contribution < -0.4 is 14.8 Å². The third kappa shape index (κ3) is 5.33. The minimum atomic E-state index is -0.0272. The van der Waals surface area contributed by atoms with Crippen LogP contribution in [0.4, 0.5) is 5.69 Å². The zero-order valence-corrected chi connectivity index (χ0v) is 13.8. The van der Waals surface area contributed by atoms with Crippen molar-refractivity contribution in [2.45, 2.75) is 32.8 Å². The van der Waals surface area contributed by atoms with E-state index in [9.17, 15) is 4.79 Å². The van der Waals surface area contributed by atoms with E-state index in [0.29, 0.717) is 24.3 Å². The van der Waals surface area contributed by atoms with Gasteiger partial charge in [0.15, 0.2) is 0 Å². The van der Waals surface area contributed by atoms with Gasteiger partial charge in [-0.05, 0) is 50.1 Å². The summed E-state index contributed by atoms with van der Waals surface area (Å²) < 4.78 is 10.8. The molecule has 0 aliphatic heterocycles. The molecule has 4 nitrogen and oxygen atoms in total. The van der Waals surface area contributed by atoms with Crippen molar-refractivity contribution < 1.29 is 14.3 Å².